The normalized spacial score (nSPS) is 20.4. The van der Waals surface area contributed by atoms with E-state index in [1.165, 1.54) is 0 Å². The zero-order chi connectivity index (χ0) is 10.1. The summed E-state index contributed by atoms with van der Waals surface area (Å²) in [6.07, 6.45) is 5.10. The van der Waals surface area contributed by atoms with Crippen molar-refractivity contribution in [3.8, 4) is 0 Å². The standard InChI is InChI=1S/C10H16N4/c1-14(2)10-12-6-7-8(11)4-3-5-9(7)13-10/h6,8H,3-5,11H2,1-2H3/t8-/m0/s1. The first kappa shape index (κ1) is 9.40. The van der Waals surface area contributed by atoms with Gasteiger partial charge in [-0.2, -0.15) is 0 Å². The third kappa shape index (κ3) is 1.57. The lowest BCUT2D eigenvalue weighted by Crippen LogP contribution is -2.21. The number of rotatable bonds is 1. The van der Waals surface area contributed by atoms with Crippen LogP contribution in [0.1, 0.15) is 30.1 Å². The predicted octanol–water partition coefficient (Wildman–Crippen LogP) is 0.879. The summed E-state index contributed by atoms with van der Waals surface area (Å²) in [7, 11) is 3.90. The van der Waals surface area contributed by atoms with Gasteiger partial charge in [-0.15, -0.1) is 0 Å². The molecule has 0 radical (unpaired) electrons. The van der Waals surface area contributed by atoms with Gasteiger partial charge in [-0.1, -0.05) is 0 Å². The molecule has 1 aromatic heterocycles. The van der Waals surface area contributed by atoms with Crippen LogP contribution in [0.2, 0.25) is 0 Å². The van der Waals surface area contributed by atoms with Crippen LogP contribution in [0.25, 0.3) is 0 Å². The lowest BCUT2D eigenvalue weighted by Gasteiger charge is -2.22. The first-order valence-corrected chi connectivity index (χ1v) is 4.97. The first-order chi connectivity index (χ1) is 6.68. The van der Waals surface area contributed by atoms with Crippen LogP contribution in [0.15, 0.2) is 6.20 Å². The van der Waals surface area contributed by atoms with E-state index in [0.717, 1.165) is 36.5 Å². The maximum atomic E-state index is 5.98. The molecule has 1 aliphatic carbocycles. The van der Waals surface area contributed by atoms with Crippen LogP contribution >= 0.6 is 0 Å². The highest BCUT2D eigenvalue weighted by molar-refractivity contribution is 5.33. The van der Waals surface area contributed by atoms with Crippen LogP contribution in [-0.4, -0.2) is 24.1 Å². The van der Waals surface area contributed by atoms with E-state index in [0.29, 0.717) is 0 Å². The zero-order valence-electron chi connectivity index (χ0n) is 8.70. The van der Waals surface area contributed by atoms with E-state index in [9.17, 15) is 0 Å². The van der Waals surface area contributed by atoms with Crippen LogP contribution < -0.4 is 10.6 Å². The van der Waals surface area contributed by atoms with Gasteiger partial charge < -0.3 is 10.6 Å². The molecule has 0 unspecified atom stereocenters. The molecule has 0 spiro atoms. The van der Waals surface area contributed by atoms with Gasteiger partial charge in [0.25, 0.3) is 0 Å². The minimum absolute atomic E-state index is 0.134. The summed E-state index contributed by atoms with van der Waals surface area (Å²) in [6, 6.07) is 0.134. The van der Waals surface area contributed by atoms with E-state index in [2.05, 4.69) is 9.97 Å². The van der Waals surface area contributed by atoms with Gasteiger partial charge in [0.15, 0.2) is 0 Å². The van der Waals surface area contributed by atoms with Crippen LogP contribution in [0.3, 0.4) is 0 Å². The molecular weight excluding hydrogens is 176 g/mol. The summed E-state index contributed by atoms with van der Waals surface area (Å²) in [4.78, 5) is 10.7. The number of anilines is 1. The molecular formula is C10H16N4. The smallest absolute Gasteiger partial charge is 0.225 e. The van der Waals surface area contributed by atoms with Crippen molar-refractivity contribution in [2.24, 2.45) is 5.73 Å². The second-order valence-corrected chi connectivity index (χ2v) is 3.97. The van der Waals surface area contributed by atoms with Gasteiger partial charge in [0.2, 0.25) is 5.95 Å². The van der Waals surface area contributed by atoms with Crippen molar-refractivity contribution in [1.82, 2.24) is 9.97 Å². The third-order valence-corrected chi connectivity index (χ3v) is 2.62. The minimum Gasteiger partial charge on any atom is -0.347 e. The molecule has 0 saturated carbocycles. The second-order valence-electron chi connectivity index (χ2n) is 3.97. The Bertz CT molecular complexity index is 335. The van der Waals surface area contributed by atoms with Crippen molar-refractivity contribution in [2.45, 2.75) is 25.3 Å². The molecule has 2 rings (SSSR count). The van der Waals surface area contributed by atoms with E-state index in [-0.39, 0.29) is 6.04 Å². The monoisotopic (exact) mass is 192 g/mol. The molecule has 0 fully saturated rings. The Labute approximate surface area is 84.2 Å². The van der Waals surface area contributed by atoms with Gasteiger partial charge in [0.1, 0.15) is 0 Å². The van der Waals surface area contributed by atoms with Crippen LogP contribution in [0.5, 0.6) is 0 Å². The molecule has 4 nitrogen and oxygen atoms in total. The summed E-state index contributed by atoms with van der Waals surface area (Å²) in [5.41, 5.74) is 8.23. The molecule has 0 amide bonds. The second kappa shape index (κ2) is 3.53. The highest BCUT2D eigenvalue weighted by Crippen LogP contribution is 2.26. The number of aromatic nitrogens is 2. The fourth-order valence-electron chi connectivity index (χ4n) is 1.79. The Hall–Kier alpha value is -1.16. The van der Waals surface area contributed by atoms with E-state index in [1.54, 1.807) is 0 Å². The summed E-state index contributed by atoms with van der Waals surface area (Å²) >= 11 is 0. The van der Waals surface area contributed by atoms with Gasteiger partial charge in [0, 0.05) is 31.9 Å². The summed E-state index contributed by atoms with van der Waals surface area (Å²) in [6.45, 7) is 0. The van der Waals surface area contributed by atoms with Crippen molar-refractivity contribution in [3.63, 3.8) is 0 Å². The molecule has 1 atom stereocenters. The summed E-state index contributed by atoms with van der Waals surface area (Å²) in [5.74, 6) is 0.776. The van der Waals surface area contributed by atoms with Gasteiger partial charge in [-0.25, -0.2) is 9.97 Å². The van der Waals surface area contributed by atoms with Crippen molar-refractivity contribution >= 4 is 5.95 Å². The quantitative estimate of drug-likeness (QED) is 0.717. The van der Waals surface area contributed by atoms with Gasteiger partial charge in [-0.3, -0.25) is 0 Å². The Balaban J connectivity index is 2.39. The number of nitrogens with zero attached hydrogens (tertiary/aromatic N) is 3. The summed E-state index contributed by atoms with van der Waals surface area (Å²) < 4.78 is 0. The van der Waals surface area contributed by atoms with E-state index < -0.39 is 0 Å². The van der Waals surface area contributed by atoms with E-state index in [4.69, 9.17) is 5.73 Å². The Kier molecular flexibility index (Phi) is 2.37. The molecule has 14 heavy (non-hydrogen) atoms. The molecule has 2 N–H and O–H groups in total. The van der Waals surface area contributed by atoms with Crippen molar-refractivity contribution in [2.75, 3.05) is 19.0 Å². The lowest BCUT2D eigenvalue weighted by molar-refractivity contribution is 0.556. The van der Waals surface area contributed by atoms with Gasteiger partial charge in [0.05, 0.1) is 5.69 Å². The highest BCUT2D eigenvalue weighted by atomic mass is 15.2. The zero-order valence-corrected chi connectivity index (χ0v) is 8.70. The predicted molar refractivity (Wildman–Crippen MR) is 56.2 cm³/mol. The molecule has 4 heteroatoms. The number of hydrogen-bond donors (Lipinski definition) is 1. The molecule has 0 bridgehead atoms. The molecule has 0 saturated heterocycles. The summed E-state index contributed by atoms with van der Waals surface area (Å²) in [5, 5.41) is 0. The van der Waals surface area contributed by atoms with E-state index in [1.807, 2.05) is 25.2 Å². The van der Waals surface area contributed by atoms with Gasteiger partial charge in [-0.05, 0) is 19.3 Å². The van der Waals surface area contributed by atoms with Crippen molar-refractivity contribution in [1.29, 1.82) is 0 Å². The fourth-order valence-corrected chi connectivity index (χ4v) is 1.79. The van der Waals surface area contributed by atoms with Crippen molar-refractivity contribution in [3.05, 3.63) is 17.5 Å². The number of aryl methyl sites for hydroxylation is 1. The molecule has 76 valence electrons. The van der Waals surface area contributed by atoms with Gasteiger partial charge >= 0.3 is 0 Å². The molecule has 0 aromatic carbocycles. The average molecular weight is 192 g/mol. The van der Waals surface area contributed by atoms with Crippen LogP contribution in [0.4, 0.5) is 5.95 Å². The number of nitrogens with two attached hydrogens (primary N) is 1. The Morgan fingerprint density at radius 1 is 1.50 bits per heavy atom. The fraction of sp³-hybridized carbons (Fsp3) is 0.600. The molecule has 0 aliphatic heterocycles. The molecule has 1 aromatic rings. The number of hydrogen-bond acceptors (Lipinski definition) is 4. The molecule has 1 aliphatic rings. The minimum atomic E-state index is 0.134. The van der Waals surface area contributed by atoms with Crippen LogP contribution in [-0.2, 0) is 6.42 Å². The third-order valence-electron chi connectivity index (χ3n) is 2.62. The Morgan fingerprint density at radius 2 is 2.29 bits per heavy atom. The SMILES string of the molecule is CN(C)c1ncc2c(n1)CCC[C@@H]2N. The van der Waals surface area contributed by atoms with Crippen LogP contribution in [0, 0.1) is 0 Å². The maximum Gasteiger partial charge on any atom is 0.225 e. The first-order valence-electron chi connectivity index (χ1n) is 4.97. The lowest BCUT2D eigenvalue weighted by atomic mass is 9.93. The largest absolute Gasteiger partial charge is 0.347 e. The number of fused-ring (bicyclic) bond motifs is 1. The molecule has 1 heterocycles. The average Bonchev–Trinajstić information content (AvgIpc) is 2.17. The van der Waals surface area contributed by atoms with Crippen molar-refractivity contribution < 1.29 is 0 Å². The Morgan fingerprint density at radius 3 is 3.00 bits per heavy atom. The topological polar surface area (TPSA) is 55.0 Å². The van der Waals surface area contributed by atoms with E-state index >= 15 is 0 Å². The maximum absolute atomic E-state index is 5.98. The highest BCUT2D eigenvalue weighted by Gasteiger charge is 2.19.